The van der Waals surface area contributed by atoms with Gasteiger partial charge >= 0.3 is 0 Å². The highest BCUT2D eigenvalue weighted by atomic mass is 79.9. The molecule has 0 amide bonds. The van der Waals surface area contributed by atoms with Gasteiger partial charge in [0.2, 0.25) is 0 Å². The lowest BCUT2D eigenvalue weighted by molar-refractivity contribution is 0.877. The lowest BCUT2D eigenvalue weighted by atomic mass is 10.0. The Balaban J connectivity index is 2.41. The molecule has 1 heterocycles. The first kappa shape index (κ1) is 12.4. The van der Waals surface area contributed by atoms with Gasteiger partial charge < -0.3 is 5.73 Å². The molecule has 0 saturated heterocycles. The molecular weight excluding hydrogens is 329 g/mol. The van der Waals surface area contributed by atoms with Crippen molar-refractivity contribution in [2.24, 2.45) is 5.73 Å². The zero-order valence-electron chi connectivity index (χ0n) is 8.08. The molecule has 0 saturated carbocycles. The number of rotatable bonds is 2. The zero-order valence-corrected chi connectivity index (χ0v) is 12.0. The molecule has 2 rings (SSSR count). The molecule has 1 nitrogen and oxygen atoms in total. The third-order valence-electron chi connectivity index (χ3n) is 2.26. The number of thiophene rings is 1. The molecule has 1 aromatic heterocycles. The molecule has 0 aliphatic heterocycles. The monoisotopic (exact) mass is 335 g/mol. The summed E-state index contributed by atoms with van der Waals surface area (Å²) in [6.07, 6.45) is 0. The van der Waals surface area contributed by atoms with E-state index in [-0.39, 0.29) is 6.04 Å². The quantitative estimate of drug-likeness (QED) is 0.832. The highest BCUT2D eigenvalue weighted by Gasteiger charge is 2.15. The van der Waals surface area contributed by atoms with Crippen molar-refractivity contribution in [3.63, 3.8) is 0 Å². The lowest BCUT2D eigenvalue weighted by Crippen LogP contribution is -2.11. The molecule has 84 valence electrons. The first-order valence-corrected chi connectivity index (χ1v) is 6.96. The van der Waals surface area contributed by atoms with Crippen LogP contribution in [0.3, 0.4) is 0 Å². The van der Waals surface area contributed by atoms with Crippen LogP contribution >= 0.6 is 50.5 Å². The van der Waals surface area contributed by atoms with Gasteiger partial charge in [-0.2, -0.15) is 0 Å². The third-order valence-corrected chi connectivity index (χ3v) is 4.62. The number of hydrogen-bond acceptors (Lipinski definition) is 2. The molecule has 0 aliphatic rings. The molecule has 5 heteroatoms. The van der Waals surface area contributed by atoms with Crippen molar-refractivity contribution in [3.05, 3.63) is 54.6 Å². The summed E-state index contributed by atoms with van der Waals surface area (Å²) in [7, 11) is 0. The van der Waals surface area contributed by atoms with Crippen LogP contribution in [0.1, 0.15) is 17.2 Å². The Hall–Kier alpha value is -0.0600. The molecule has 0 bridgehead atoms. The average molecular weight is 337 g/mol. The Bertz CT molecular complexity index is 512. The van der Waals surface area contributed by atoms with E-state index in [1.165, 1.54) is 0 Å². The maximum absolute atomic E-state index is 6.14. The van der Waals surface area contributed by atoms with Gasteiger partial charge in [0.15, 0.2) is 0 Å². The molecular formula is C11H8BrCl2NS. The van der Waals surface area contributed by atoms with Gasteiger partial charge in [-0.15, -0.1) is 11.3 Å². The van der Waals surface area contributed by atoms with Gasteiger partial charge in [-0.1, -0.05) is 35.3 Å². The van der Waals surface area contributed by atoms with Crippen LogP contribution in [0.4, 0.5) is 0 Å². The molecule has 0 spiro atoms. The summed E-state index contributed by atoms with van der Waals surface area (Å²) >= 11 is 17.1. The molecule has 0 fully saturated rings. The first-order valence-electron chi connectivity index (χ1n) is 4.53. The highest BCUT2D eigenvalue weighted by Crippen LogP contribution is 2.34. The summed E-state index contributed by atoms with van der Waals surface area (Å²) < 4.78 is 1.05. The summed E-state index contributed by atoms with van der Waals surface area (Å²) in [6.45, 7) is 0. The van der Waals surface area contributed by atoms with Crippen molar-refractivity contribution >= 4 is 50.5 Å². The largest absolute Gasteiger partial charge is 0.320 e. The maximum Gasteiger partial charge on any atom is 0.0701 e. The Morgan fingerprint density at radius 1 is 1.31 bits per heavy atom. The van der Waals surface area contributed by atoms with Crippen LogP contribution in [-0.4, -0.2) is 0 Å². The molecule has 16 heavy (non-hydrogen) atoms. The van der Waals surface area contributed by atoms with E-state index in [1.807, 2.05) is 23.6 Å². The maximum atomic E-state index is 6.14. The van der Waals surface area contributed by atoms with E-state index in [9.17, 15) is 0 Å². The van der Waals surface area contributed by atoms with Crippen LogP contribution in [0.5, 0.6) is 0 Å². The van der Waals surface area contributed by atoms with Crippen molar-refractivity contribution in [3.8, 4) is 0 Å². The van der Waals surface area contributed by atoms with Crippen molar-refractivity contribution in [1.82, 2.24) is 0 Å². The van der Waals surface area contributed by atoms with Crippen LogP contribution < -0.4 is 5.73 Å². The van der Waals surface area contributed by atoms with Gasteiger partial charge in [-0.3, -0.25) is 0 Å². The smallest absolute Gasteiger partial charge is 0.0701 e. The second-order valence-corrected chi connectivity index (χ2v) is 6.38. The fourth-order valence-electron chi connectivity index (χ4n) is 1.43. The van der Waals surface area contributed by atoms with Gasteiger partial charge in [0, 0.05) is 0 Å². The van der Waals surface area contributed by atoms with E-state index < -0.39 is 0 Å². The molecule has 0 aliphatic carbocycles. The van der Waals surface area contributed by atoms with E-state index in [1.54, 1.807) is 17.4 Å². The number of hydrogen-bond donors (Lipinski definition) is 1. The van der Waals surface area contributed by atoms with Gasteiger partial charge in [0.25, 0.3) is 0 Å². The second kappa shape index (κ2) is 5.07. The first-order chi connectivity index (χ1) is 7.59. The molecule has 1 aromatic carbocycles. The summed E-state index contributed by atoms with van der Waals surface area (Å²) in [6, 6.07) is 7.25. The SMILES string of the molecule is NC(c1csc(Br)c1)c1cccc(Cl)c1Cl. The van der Waals surface area contributed by atoms with Crippen molar-refractivity contribution in [2.45, 2.75) is 6.04 Å². The highest BCUT2D eigenvalue weighted by molar-refractivity contribution is 9.11. The van der Waals surface area contributed by atoms with Crippen molar-refractivity contribution in [1.29, 1.82) is 0 Å². The average Bonchev–Trinajstić information content (AvgIpc) is 2.68. The van der Waals surface area contributed by atoms with E-state index in [0.717, 1.165) is 14.9 Å². The van der Waals surface area contributed by atoms with E-state index >= 15 is 0 Å². The molecule has 0 radical (unpaired) electrons. The summed E-state index contributed by atoms with van der Waals surface area (Å²) in [5.74, 6) is 0. The van der Waals surface area contributed by atoms with E-state index in [2.05, 4.69) is 15.9 Å². The Labute approximate surface area is 116 Å². The van der Waals surface area contributed by atoms with Gasteiger partial charge in [-0.05, 0) is 44.6 Å². The van der Waals surface area contributed by atoms with E-state index in [0.29, 0.717) is 10.0 Å². The predicted octanol–water partition coefficient (Wildman–Crippen LogP) is 4.87. The zero-order chi connectivity index (χ0) is 11.7. The van der Waals surface area contributed by atoms with Gasteiger partial charge in [-0.25, -0.2) is 0 Å². The van der Waals surface area contributed by atoms with Crippen LogP contribution in [-0.2, 0) is 0 Å². The van der Waals surface area contributed by atoms with Crippen molar-refractivity contribution in [2.75, 3.05) is 0 Å². The number of halogens is 3. The van der Waals surface area contributed by atoms with Crippen LogP contribution in [0, 0.1) is 0 Å². The molecule has 1 unspecified atom stereocenters. The van der Waals surface area contributed by atoms with Gasteiger partial charge in [0.05, 0.1) is 19.9 Å². The normalized spacial score (nSPS) is 12.8. The fraction of sp³-hybridized carbons (Fsp3) is 0.0909. The standard InChI is InChI=1S/C11H8BrCl2NS/c12-9-4-6(5-16-9)11(15)7-2-1-3-8(13)10(7)14/h1-5,11H,15H2. The summed E-state index contributed by atoms with van der Waals surface area (Å²) in [4.78, 5) is 0. The van der Waals surface area contributed by atoms with E-state index in [4.69, 9.17) is 28.9 Å². The molecule has 2 aromatic rings. The second-order valence-electron chi connectivity index (χ2n) is 3.30. The topological polar surface area (TPSA) is 26.0 Å². The number of benzene rings is 1. The predicted molar refractivity (Wildman–Crippen MR) is 74.5 cm³/mol. The van der Waals surface area contributed by atoms with Crippen molar-refractivity contribution < 1.29 is 0 Å². The van der Waals surface area contributed by atoms with Crippen LogP contribution in [0.25, 0.3) is 0 Å². The minimum Gasteiger partial charge on any atom is -0.320 e. The van der Waals surface area contributed by atoms with Crippen LogP contribution in [0.2, 0.25) is 10.0 Å². The lowest BCUT2D eigenvalue weighted by Gasteiger charge is -2.12. The Morgan fingerprint density at radius 2 is 2.06 bits per heavy atom. The minimum absolute atomic E-state index is 0.242. The summed E-state index contributed by atoms with van der Waals surface area (Å²) in [5, 5.41) is 3.06. The fourth-order valence-corrected chi connectivity index (χ4v) is 3.06. The minimum atomic E-state index is -0.242. The molecule has 2 N–H and O–H groups in total. The Kier molecular flexibility index (Phi) is 3.93. The van der Waals surface area contributed by atoms with Gasteiger partial charge in [0.1, 0.15) is 0 Å². The number of nitrogens with two attached hydrogens (primary N) is 1. The summed E-state index contributed by atoms with van der Waals surface area (Å²) in [5.41, 5.74) is 8.02. The molecule has 1 atom stereocenters. The third kappa shape index (κ3) is 2.44. The Morgan fingerprint density at radius 3 is 2.69 bits per heavy atom. The van der Waals surface area contributed by atoms with Crippen LogP contribution in [0.15, 0.2) is 33.4 Å².